The quantitative estimate of drug-likeness (QED) is 0.501. The molecule has 0 radical (unpaired) electrons. The van der Waals surface area contributed by atoms with Crippen molar-refractivity contribution in [3.05, 3.63) is 77.4 Å². The molecule has 1 N–H and O–H groups in total. The van der Waals surface area contributed by atoms with Gasteiger partial charge in [-0.1, -0.05) is 49.4 Å². The van der Waals surface area contributed by atoms with E-state index in [1.54, 1.807) is 11.3 Å². The van der Waals surface area contributed by atoms with Gasteiger partial charge in [0.1, 0.15) is 0 Å². The maximum atomic E-state index is 12.5. The van der Waals surface area contributed by atoms with Crippen LogP contribution < -0.4 is 5.32 Å². The Morgan fingerprint density at radius 3 is 2.74 bits per heavy atom. The number of hydrogen-bond donors (Lipinski definition) is 1. The Morgan fingerprint density at radius 2 is 1.96 bits per heavy atom. The van der Waals surface area contributed by atoms with E-state index in [0.29, 0.717) is 6.42 Å². The van der Waals surface area contributed by atoms with Crippen LogP contribution in [0.3, 0.4) is 0 Å². The van der Waals surface area contributed by atoms with E-state index in [0.717, 1.165) is 34.0 Å². The molecule has 0 saturated heterocycles. The first-order valence-corrected chi connectivity index (χ1v) is 9.50. The van der Waals surface area contributed by atoms with Crippen molar-refractivity contribution in [2.24, 2.45) is 0 Å². The predicted molar refractivity (Wildman–Crippen MR) is 114 cm³/mol. The summed E-state index contributed by atoms with van der Waals surface area (Å²) in [6, 6.07) is 18.1. The summed E-state index contributed by atoms with van der Waals surface area (Å²) in [6.45, 7) is 2.10. The fourth-order valence-electron chi connectivity index (χ4n) is 2.94. The van der Waals surface area contributed by atoms with E-state index in [-0.39, 0.29) is 18.3 Å². The Hall–Kier alpha value is -2.63. The number of hydrogen-bond acceptors (Lipinski definition) is 3. The number of amides is 1. The zero-order valence-corrected chi connectivity index (χ0v) is 16.5. The fourth-order valence-corrected chi connectivity index (χ4v) is 3.82. The number of fused-ring (bicyclic) bond motifs is 1. The van der Waals surface area contributed by atoms with Crippen LogP contribution in [-0.4, -0.2) is 15.3 Å². The minimum Gasteiger partial charge on any atom is -0.326 e. The fraction of sp³-hybridized carbons (Fsp3) is 0.143. The molecule has 2 aromatic carbocycles. The van der Waals surface area contributed by atoms with E-state index in [4.69, 9.17) is 0 Å². The molecular weight excluding hydrogens is 378 g/mol. The Bertz CT molecular complexity index is 1060. The predicted octanol–water partition coefficient (Wildman–Crippen LogP) is 5.23. The number of halogens is 1. The van der Waals surface area contributed by atoms with Gasteiger partial charge in [0.05, 0.1) is 12.1 Å². The highest BCUT2D eigenvalue weighted by atomic mass is 35.5. The van der Waals surface area contributed by atoms with Gasteiger partial charge in [-0.15, -0.1) is 23.7 Å². The van der Waals surface area contributed by atoms with Crippen molar-refractivity contribution >= 4 is 40.3 Å². The van der Waals surface area contributed by atoms with Crippen LogP contribution in [-0.2, 0) is 17.6 Å². The molecule has 0 saturated carbocycles. The van der Waals surface area contributed by atoms with Crippen molar-refractivity contribution in [3.63, 3.8) is 0 Å². The minimum absolute atomic E-state index is 0. The lowest BCUT2D eigenvalue weighted by Gasteiger charge is -2.06. The monoisotopic (exact) mass is 397 g/mol. The van der Waals surface area contributed by atoms with Crippen molar-refractivity contribution in [3.8, 4) is 11.3 Å². The molecular formula is C21H20ClN3OS. The number of carbonyl (C=O) groups excluding carboxylic acids is 1. The summed E-state index contributed by atoms with van der Waals surface area (Å²) in [4.78, 5) is 18.0. The van der Waals surface area contributed by atoms with Crippen LogP contribution in [0, 0.1) is 0 Å². The van der Waals surface area contributed by atoms with Crippen molar-refractivity contribution in [1.29, 1.82) is 0 Å². The summed E-state index contributed by atoms with van der Waals surface area (Å²) in [5.74, 6) is -0.0204. The van der Waals surface area contributed by atoms with Crippen molar-refractivity contribution in [1.82, 2.24) is 9.38 Å². The van der Waals surface area contributed by atoms with E-state index in [1.807, 2.05) is 64.5 Å². The lowest BCUT2D eigenvalue weighted by molar-refractivity contribution is -0.115. The molecule has 0 aliphatic rings. The van der Waals surface area contributed by atoms with Crippen molar-refractivity contribution < 1.29 is 4.79 Å². The van der Waals surface area contributed by atoms with Crippen LogP contribution in [0.2, 0.25) is 0 Å². The van der Waals surface area contributed by atoms with Gasteiger partial charge >= 0.3 is 0 Å². The van der Waals surface area contributed by atoms with E-state index >= 15 is 0 Å². The maximum Gasteiger partial charge on any atom is 0.230 e. The summed E-state index contributed by atoms with van der Waals surface area (Å²) in [6.07, 6.45) is 3.27. The highest BCUT2D eigenvalue weighted by Crippen LogP contribution is 2.24. The van der Waals surface area contributed by atoms with Gasteiger partial charge in [-0.05, 0) is 24.1 Å². The number of aryl methyl sites for hydroxylation is 1. The van der Waals surface area contributed by atoms with Crippen LogP contribution in [0.4, 0.5) is 5.69 Å². The van der Waals surface area contributed by atoms with Gasteiger partial charge in [0, 0.05) is 28.5 Å². The molecule has 27 heavy (non-hydrogen) atoms. The average Bonchev–Trinajstić information content (AvgIpc) is 3.25. The van der Waals surface area contributed by atoms with E-state index in [9.17, 15) is 4.79 Å². The number of nitrogens with zero attached hydrogens (tertiary/aromatic N) is 2. The first-order chi connectivity index (χ1) is 12.7. The first-order valence-electron chi connectivity index (χ1n) is 8.62. The third-order valence-electron chi connectivity index (χ3n) is 4.31. The van der Waals surface area contributed by atoms with Crippen LogP contribution >= 0.6 is 23.7 Å². The van der Waals surface area contributed by atoms with Crippen LogP contribution in [0.5, 0.6) is 0 Å². The van der Waals surface area contributed by atoms with E-state index in [2.05, 4.69) is 23.3 Å². The molecule has 0 fully saturated rings. The molecule has 0 aliphatic carbocycles. The second-order valence-corrected chi connectivity index (χ2v) is 6.99. The smallest absolute Gasteiger partial charge is 0.230 e. The lowest BCUT2D eigenvalue weighted by atomic mass is 10.1. The minimum atomic E-state index is -0.0204. The second-order valence-electron chi connectivity index (χ2n) is 6.15. The number of thiazole rings is 1. The molecule has 4 nitrogen and oxygen atoms in total. The number of nitrogens with one attached hydrogen (secondary N) is 1. The number of aromatic nitrogens is 2. The molecule has 138 valence electrons. The van der Waals surface area contributed by atoms with Crippen molar-refractivity contribution in [2.75, 3.05) is 5.32 Å². The average molecular weight is 398 g/mol. The number of rotatable bonds is 5. The zero-order valence-electron chi connectivity index (χ0n) is 14.9. The molecule has 0 bridgehead atoms. The third kappa shape index (κ3) is 4.21. The summed E-state index contributed by atoms with van der Waals surface area (Å²) >= 11 is 1.56. The van der Waals surface area contributed by atoms with Crippen LogP contribution in [0.25, 0.3) is 16.2 Å². The Morgan fingerprint density at radius 1 is 1.15 bits per heavy atom. The van der Waals surface area contributed by atoms with Gasteiger partial charge < -0.3 is 5.32 Å². The largest absolute Gasteiger partial charge is 0.326 e. The zero-order chi connectivity index (χ0) is 17.9. The van der Waals surface area contributed by atoms with Gasteiger partial charge in [-0.25, -0.2) is 4.98 Å². The molecule has 0 unspecified atom stereocenters. The first kappa shape index (κ1) is 19.1. The highest BCUT2D eigenvalue weighted by Gasteiger charge is 2.12. The summed E-state index contributed by atoms with van der Waals surface area (Å²) in [7, 11) is 0. The number of anilines is 1. The standard InChI is InChI=1S/C21H19N3OS.ClH/c1-2-15-7-6-10-17(11-15)22-20(25)12-18-14-26-21-23-19(13-24(18)21)16-8-4-3-5-9-16;/h3-11,13-14H,2,12H2,1H3,(H,22,25);1H. The molecule has 0 spiro atoms. The van der Waals surface area contributed by atoms with Crippen LogP contribution in [0.1, 0.15) is 18.2 Å². The topological polar surface area (TPSA) is 46.4 Å². The third-order valence-corrected chi connectivity index (χ3v) is 5.20. The van der Waals surface area contributed by atoms with Gasteiger partial charge in [0.2, 0.25) is 5.91 Å². The van der Waals surface area contributed by atoms with Gasteiger partial charge in [-0.3, -0.25) is 9.20 Å². The lowest BCUT2D eigenvalue weighted by Crippen LogP contribution is -2.15. The maximum absolute atomic E-state index is 12.5. The molecule has 4 rings (SSSR count). The Balaban J connectivity index is 0.00000210. The van der Waals surface area contributed by atoms with Crippen molar-refractivity contribution in [2.45, 2.75) is 19.8 Å². The second kappa shape index (κ2) is 8.37. The summed E-state index contributed by atoms with van der Waals surface area (Å²) in [5.41, 5.74) is 5.01. The van der Waals surface area contributed by atoms with E-state index in [1.165, 1.54) is 5.56 Å². The molecule has 6 heteroatoms. The van der Waals surface area contributed by atoms with Gasteiger partial charge in [-0.2, -0.15) is 0 Å². The molecule has 4 aromatic rings. The number of imidazole rings is 1. The van der Waals surface area contributed by atoms with Crippen LogP contribution in [0.15, 0.2) is 66.2 Å². The molecule has 2 heterocycles. The number of carbonyl (C=O) groups is 1. The summed E-state index contributed by atoms with van der Waals surface area (Å²) < 4.78 is 2.01. The SMILES string of the molecule is CCc1cccc(NC(=O)Cc2csc3nc(-c4ccccc4)cn23)c1.Cl. The normalized spacial score (nSPS) is 10.6. The molecule has 0 atom stereocenters. The van der Waals surface area contributed by atoms with Gasteiger partial charge in [0.25, 0.3) is 0 Å². The Kier molecular flexibility index (Phi) is 5.94. The molecule has 2 aromatic heterocycles. The number of benzene rings is 2. The highest BCUT2D eigenvalue weighted by molar-refractivity contribution is 7.15. The van der Waals surface area contributed by atoms with E-state index < -0.39 is 0 Å². The Labute approximate surface area is 168 Å². The molecule has 1 amide bonds. The summed E-state index contributed by atoms with van der Waals surface area (Å²) in [5, 5.41) is 4.99. The van der Waals surface area contributed by atoms with Gasteiger partial charge in [0.15, 0.2) is 4.96 Å². The molecule has 0 aliphatic heterocycles.